The molecule has 2 aromatic rings. The van der Waals surface area contributed by atoms with E-state index in [2.05, 4.69) is 17.2 Å². The van der Waals surface area contributed by atoms with Gasteiger partial charge in [-0.25, -0.2) is 4.79 Å². The highest BCUT2D eigenvalue weighted by molar-refractivity contribution is 7.15. The maximum atomic E-state index is 10.5. The molecule has 0 saturated heterocycles. The van der Waals surface area contributed by atoms with Crippen molar-refractivity contribution in [1.29, 1.82) is 0 Å². The van der Waals surface area contributed by atoms with E-state index in [0.29, 0.717) is 6.54 Å². The smallest absolute Gasteiger partial charge is 0.404 e. The first kappa shape index (κ1) is 13.5. The van der Waals surface area contributed by atoms with E-state index in [0.717, 1.165) is 28.2 Å². The summed E-state index contributed by atoms with van der Waals surface area (Å²) in [5.41, 5.74) is 2.44. The van der Waals surface area contributed by atoms with Gasteiger partial charge in [-0.15, -0.1) is 11.3 Å². The lowest BCUT2D eigenvalue weighted by Gasteiger charge is -2.05. The number of nitrogens with one attached hydrogen (secondary N) is 1. The Morgan fingerprint density at radius 2 is 2.26 bits per heavy atom. The number of hydrogen-bond acceptors (Lipinski definition) is 3. The van der Waals surface area contributed by atoms with Crippen LogP contribution in [0.1, 0.15) is 23.8 Å². The number of carboxylic acid groups (broad SMARTS) is 1. The lowest BCUT2D eigenvalue weighted by atomic mass is 10.0. The molecule has 2 N–H and O–H groups in total. The molecule has 4 nitrogen and oxygen atoms in total. The molecule has 0 aliphatic carbocycles. The number of aromatic nitrogens is 1. The summed E-state index contributed by atoms with van der Waals surface area (Å²) in [6.45, 7) is 2.50. The molecule has 0 bridgehead atoms. The molecule has 0 saturated carbocycles. The van der Waals surface area contributed by atoms with Crippen LogP contribution in [0.15, 0.2) is 30.6 Å². The van der Waals surface area contributed by atoms with Gasteiger partial charge in [0.05, 0.1) is 6.54 Å². The quantitative estimate of drug-likeness (QED) is 0.878. The second-order valence-electron chi connectivity index (χ2n) is 4.21. The van der Waals surface area contributed by atoms with Crippen molar-refractivity contribution in [1.82, 2.24) is 10.3 Å². The van der Waals surface area contributed by atoms with E-state index in [1.54, 1.807) is 11.3 Å². The number of pyridine rings is 1. The zero-order valence-corrected chi connectivity index (χ0v) is 11.5. The molecule has 2 heterocycles. The monoisotopic (exact) mass is 276 g/mol. The largest absolute Gasteiger partial charge is 0.465 e. The number of nitrogens with zero attached hydrogens (tertiary/aromatic N) is 1. The average Bonchev–Trinajstić information content (AvgIpc) is 2.86. The van der Waals surface area contributed by atoms with Crippen LogP contribution < -0.4 is 5.32 Å². The Kier molecular flexibility index (Phi) is 4.52. The van der Waals surface area contributed by atoms with Gasteiger partial charge in [0.2, 0.25) is 0 Å². The van der Waals surface area contributed by atoms with Gasteiger partial charge in [0.25, 0.3) is 0 Å². The molecule has 0 fully saturated rings. The number of thiophene rings is 1. The van der Waals surface area contributed by atoms with Gasteiger partial charge in [-0.05, 0) is 30.2 Å². The maximum Gasteiger partial charge on any atom is 0.404 e. The fourth-order valence-corrected chi connectivity index (χ4v) is 2.91. The van der Waals surface area contributed by atoms with Gasteiger partial charge in [-0.3, -0.25) is 4.98 Å². The second-order valence-corrected chi connectivity index (χ2v) is 5.38. The van der Waals surface area contributed by atoms with Crippen LogP contribution in [-0.4, -0.2) is 16.2 Å². The predicted molar refractivity (Wildman–Crippen MR) is 76.4 cm³/mol. The molecule has 1 amide bonds. The van der Waals surface area contributed by atoms with E-state index in [-0.39, 0.29) is 0 Å². The van der Waals surface area contributed by atoms with Crippen LogP contribution in [0.5, 0.6) is 0 Å². The normalized spacial score (nSPS) is 10.4. The molecule has 100 valence electrons. The molecule has 0 radical (unpaired) electrons. The standard InChI is InChI=1S/C14H16N2O2S/c1-2-3-10-6-7-15-9-12(10)13-5-4-11(19-13)8-16-14(17)18/h4-7,9,16H,2-3,8H2,1H3,(H,17,18). The number of rotatable bonds is 5. The third-order valence-electron chi connectivity index (χ3n) is 2.77. The van der Waals surface area contributed by atoms with E-state index in [4.69, 9.17) is 5.11 Å². The molecule has 5 heteroatoms. The zero-order chi connectivity index (χ0) is 13.7. The lowest BCUT2D eigenvalue weighted by Crippen LogP contribution is -2.19. The van der Waals surface area contributed by atoms with Crippen molar-refractivity contribution in [3.63, 3.8) is 0 Å². The topological polar surface area (TPSA) is 62.2 Å². The molecule has 0 aliphatic rings. The Morgan fingerprint density at radius 1 is 1.42 bits per heavy atom. The van der Waals surface area contributed by atoms with Crippen LogP contribution in [0.2, 0.25) is 0 Å². The van der Waals surface area contributed by atoms with Crippen LogP contribution in [0.4, 0.5) is 4.79 Å². The van der Waals surface area contributed by atoms with Gasteiger partial charge in [-0.2, -0.15) is 0 Å². The summed E-state index contributed by atoms with van der Waals surface area (Å²) in [7, 11) is 0. The molecule has 0 aromatic carbocycles. The first-order chi connectivity index (χ1) is 9.20. The number of aryl methyl sites for hydroxylation is 1. The minimum atomic E-state index is -0.997. The third kappa shape index (κ3) is 3.54. The molecule has 0 unspecified atom stereocenters. The lowest BCUT2D eigenvalue weighted by molar-refractivity contribution is 0.194. The predicted octanol–water partition coefficient (Wildman–Crippen LogP) is 3.53. The van der Waals surface area contributed by atoms with Gasteiger partial charge in [0.15, 0.2) is 0 Å². The summed E-state index contributed by atoms with van der Waals surface area (Å²) in [4.78, 5) is 16.8. The Balaban J connectivity index is 2.20. The Bertz CT molecular complexity index is 566. The van der Waals surface area contributed by atoms with E-state index < -0.39 is 6.09 Å². The van der Waals surface area contributed by atoms with Crippen molar-refractivity contribution < 1.29 is 9.90 Å². The minimum Gasteiger partial charge on any atom is -0.465 e. The molecule has 0 atom stereocenters. The first-order valence-corrected chi connectivity index (χ1v) is 7.01. The number of carbonyl (C=O) groups is 1. The fraction of sp³-hybridized carbons (Fsp3) is 0.286. The summed E-state index contributed by atoms with van der Waals surface area (Å²) in [6.07, 6.45) is 4.82. The van der Waals surface area contributed by atoms with Crippen LogP contribution in [0, 0.1) is 0 Å². The van der Waals surface area contributed by atoms with E-state index >= 15 is 0 Å². The maximum absolute atomic E-state index is 10.5. The van der Waals surface area contributed by atoms with Crippen molar-refractivity contribution in [3.05, 3.63) is 41.0 Å². The van der Waals surface area contributed by atoms with Gasteiger partial charge < -0.3 is 10.4 Å². The highest BCUT2D eigenvalue weighted by atomic mass is 32.1. The Hall–Kier alpha value is -1.88. The first-order valence-electron chi connectivity index (χ1n) is 6.19. The van der Waals surface area contributed by atoms with Gasteiger partial charge in [0.1, 0.15) is 0 Å². The van der Waals surface area contributed by atoms with Crippen molar-refractivity contribution in [3.8, 4) is 10.4 Å². The average molecular weight is 276 g/mol. The highest BCUT2D eigenvalue weighted by Crippen LogP contribution is 2.30. The summed E-state index contributed by atoms with van der Waals surface area (Å²) >= 11 is 1.60. The summed E-state index contributed by atoms with van der Waals surface area (Å²) < 4.78 is 0. The van der Waals surface area contributed by atoms with Crippen LogP contribution >= 0.6 is 11.3 Å². The molecule has 0 aliphatic heterocycles. The fourth-order valence-electron chi connectivity index (χ4n) is 1.91. The van der Waals surface area contributed by atoms with Gasteiger partial charge in [0, 0.05) is 27.7 Å². The number of amides is 1. The SMILES string of the molecule is CCCc1ccncc1-c1ccc(CNC(=O)O)s1. The van der Waals surface area contributed by atoms with E-state index in [1.807, 2.05) is 30.6 Å². The van der Waals surface area contributed by atoms with E-state index in [9.17, 15) is 4.79 Å². The van der Waals surface area contributed by atoms with Gasteiger partial charge in [-0.1, -0.05) is 13.3 Å². The Labute approximate surface area is 116 Å². The summed E-state index contributed by atoms with van der Waals surface area (Å²) in [5, 5.41) is 11.0. The summed E-state index contributed by atoms with van der Waals surface area (Å²) in [5.74, 6) is 0. The molecular weight excluding hydrogens is 260 g/mol. The highest BCUT2D eigenvalue weighted by Gasteiger charge is 2.08. The van der Waals surface area contributed by atoms with Crippen molar-refractivity contribution in [2.24, 2.45) is 0 Å². The second kappa shape index (κ2) is 6.33. The molecule has 19 heavy (non-hydrogen) atoms. The minimum absolute atomic E-state index is 0.351. The zero-order valence-electron chi connectivity index (χ0n) is 10.7. The number of hydrogen-bond donors (Lipinski definition) is 2. The molecule has 2 rings (SSSR count). The molecule has 2 aromatic heterocycles. The van der Waals surface area contributed by atoms with Gasteiger partial charge >= 0.3 is 6.09 Å². The van der Waals surface area contributed by atoms with Crippen LogP contribution in [-0.2, 0) is 13.0 Å². The van der Waals surface area contributed by atoms with Crippen molar-refractivity contribution >= 4 is 17.4 Å². The van der Waals surface area contributed by atoms with Crippen LogP contribution in [0.3, 0.4) is 0 Å². The van der Waals surface area contributed by atoms with Crippen molar-refractivity contribution in [2.45, 2.75) is 26.3 Å². The van der Waals surface area contributed by atoms with Crippen LogP contribution in [0.25, 0.3) is 10.4 Å². The third-order valence-corrected chi connectivity index (χ3v) is 3.89. The Morgan fingerprint density at radius 3 is 3.00 bits per heavy atom. The molecular formula is C14H16N2O2S. The van der Waals surface area contributed by atoms with E-state index in [1.165, 1.54) is 5.56 Å². The van der Waals surface area contributed by atoms with Crippen molar-refractivity contribution in [2.75, 3.05) is 0 Å². The molecule has 0 spiro atoms. The summed E-state index contributed by atoms with van der Waals surface area (Å²) in [6, 6.07) is 6.03.